The third-order valence-electron chi connectivity index (χ3n) is 5.08. The van der Waals surface area contributed by atoms with Crippen LogP contribution in [0.3, 0.4) is 0 Å². The number of nitriles is 1. The number of rotatable bonds is 7. The molecule has 0 atom stereocenters. The average Bonchev–Trinajstić information content (AvgIpc) is 3.30. The van der Waals surface area contributed by atoms with Gasteiger partial charge in [0.1, 0.15) is 11.3 Å². The van der Waals surface area contributed by atoms with E-state index in [0.29, 0.717) is 27.7 Å². The van der Waals surface area contributed by atoms with Gasteiger partial charge in [0.15, 0.2) is 0 Å². The van der Waals surface area contributed by atoms with E-state index in [0.717, 1.165) is 11.1 Å². The summed E-state index contributed by atoms with van der Waals surface area (Å²) in [6.07, 6.45) is 2.71. The van der Waals surface area contributed by atoms with Crippen LogP contribution >= 0.6 is 0 Å². The van der Waals surface area contributed by atoms with Crippen LogP contribution in [0.4, 0.5) is 5.95 Å². The molecule has 35 heavy (non-hydrogen) atoms. The lowest BCUT2D eigenvalue weighted by atomic mass is 10.0. The summed E-state index contributed by atoms with van der Waals surface area (Å²) >= 11 is 0. The Morgan fingerprint density at radius 1 is 1.03 bits per heavy atom. The number of hydrogen-bond donors (Lipinski definition) is 5. The molecule has 1 aromatic heterocycles. The first kappa shape index (κ1) is 22.8. The van der Waals surface area contributed by atoms with Crippen molar-refractivity contribution < 1.29 is 9.59 Å². The zero-order chi connectivity index (χ0) is 24.8. The first-order chi connectivity index (χ1) is 17.0. The minimum absolute atomic E-state index is 0.206. The molecule has 9 heteroatoms. The van der Waals surface area contributed by atoms with Gasteiger partial charge in [0.05, 0.1) is 22.7 Å². The van der Waals surface area contributed by atoms with Gasteiger partial charge in [0.25, 0.3) is 11.8 Å². The molecular formula is C26H21N7O2. The number of carbonyl (C=O) groups excluding carboxylic acids is 2. The number of aromatic amines is 1. The molecule has 0 aliphatic rings. The number of anilines is 1. The lowest BCUT2D eigenvalue weighted by Crippen LogP contribution is -2.28. The fourth-order valence-corrected chi connectivity index (χ4v) is 3.42. The van der Waals surface area contributed by atoms with Crippen molar-refractivity contribution in [3.63, 3.8) is 0 Å². The molecule has 0 aliphatic heterocycles. The summed E-state index contributed by atoms with van der Waals surface area (Å²) in [7, 11) is 0. The van der Waals surface area contributed by atoms with Crippen LogP contribution in [-0.4, -0.2) is 21.8 Å². The first-order valence-corrected chi connectivity index (χ1v) is 10.5. The van der Waals surface area contributed by atoms with Crippen molar-refractivity contribution in [1.29, 1.82) is 5.26 Å². The fourth-order valence-electron chi connectivity index (χ4n) is 3.42. The number of nitrogens with two attached hydrogens (primary N) is 1. The first-order valence-electron chi connectivity index (χ1n) is 10.5. The van der Waals surface area contributed by atoms with Crippen LogP contribution in [-0.2, 0) is 0 Å². The van der Waals surface area contributed by atoms with Crippen molar-refractivity contribution in [2.75, 3.05) is 5.32 Å². The lowest BCUT2D eigenvalue weighted by molar-refractivity contribution is 0.0964. The Hall–Kier alpha value is -5.36. The number of nitrogens with one attached hydrogen (secondary N) is 4. The van der Waals surface area contributed by atoms with E-state index in [-0.39, 0.29) is 17.7 Å². The normalized spacial score (nSPS) is 10.6. The summed E-state index contributed by atoms with van der Waals surface area (Å²) < 4.78 is 0. The molecule has 172 valence electrons. The van der Waals surface area contributed by atoms with Gasteiger partial charge in [-0.15, -0.1) is 0 Å². The molecule has 2 amide bonds. The molecule has 0 fully saturated rings. The molecule has 0 radical (unpaired) electrons. The number of amides is 2. The van der Waals surface area contributed by atoms with Gasteiger partial charge >= 0.3 is 0 Å². The summed E-state index contributed by atoms with van der Waals surface area (Å²) in [6.45, 7) is 3.70. The lowest BCUT2D eigenvalue weighted by Gasteiger charge is -2.08. The smallest absolute Gasteiger partial charge is 0.259 e. The molecule has 6 N–H and O–H groups in total. The van der Waals surface area contributed by atoms with Crippen LogP contribution < -0.4 is 21.7 Å². The van der Waals surface area contributed by atoms with E-state index in [1.807, 2.05) is 18.2 Å². The molecule has 0 saturated heterocycles. The third kappa shape index (κ3) is 5.18. The number of fused-ring (bicyclic) bond motifs is 1. The quantitative estimate of drug-likeness (QED) is 0.283. The highest BCUT2D eigenvalue weighted by molar-refractivity contribution is 6.08. The van der Waals surface area contributed by atoms with Crippen LogP contribution in [0.15, 0.2) is 91.5 Å². The van der Waals surface area contributed by atoms with Crippen molar-refractivity contribution in [3.05, 3.63) is 108 Å². The molecular weight excluding hydrogens is 442 g/mol. The second kappa shape index (κ2) is 10.1. The van der Waals surface area contributed by atoms with Gasteiger partial charge < -0.3 is 21.4 Å². The molecule has 0 saturated carbocycles. The standard InChI is InChI=1S/C26H21N7O2/c1-16(29-13-12-27)30-25(35)21-6-3-7-22-23(21)32-26(31-22)33-24(34)20-5-2-4-19(14-20)18-10-8-17(15-28)9-11-18/h2-14,29H,1,27H2,(H,30,35)(H2,31,32,33,34)/b13-12-. The largest absolute Gasteiger partial charge is 0.403 e. The SMILES string of the molecule is C=C(N/C=C\N)NC(=O)c1cccc2[nH]c(NC(=O)c3cccc(-c4ccc(C#N)cc4)c3)nc12. The molecule has 1 heterocycles. The van der Waals surface area contributed by atoms with Crippen molar-refractivity contribution >= 4 is 28.8 Å². The van der Waals surface area contributed by atoms with E-state index in [2.05, 4.69) is 38.6 Å². The van der Waals surface area contributed by atoms with E-state index in [4.69, 9.17) is 11.0 Å². The Kier molecular flexibility index (Phi) is 6.56. The molecule has 0 spiro atoms. The number of aromatic nitrogens is 2. The highest BCUT2D eigenvalue weighted by atomic mass is 16.2. The zero-order valence-electron chi connectivity index (χ0n) is 18.5. The van der Waals surface area contributed by atoms with E-state index in [1.54, 1.807) is 48.5 Å². The highest BCUT2D eigenvalue weighted by Gasteiger charge is 2.16. The maximum absolute atomic E-state index is 12.9. The van der Waals surface area contributed by atoms with E-state index in [1.165, 1.54) is 12.4 Å². The van der Waals surface area contributed by atoms with E-state index < -0.39 is 5.91 Å². The maximum Gasteiger partial charge on any atom is 0.259 e. The van der Waals surface area contributed by atoms with E-state index >= 15 is 0 Å². The van der Waals surface area contributed by atoms with Crippen molar-refractivity contribution in [3.8, 4) is 17.2 Å². The number of benzene rings is 3. The van der Waals surface area contributed by atoms with Gasteiger partial charge in [0, 0.05) is 18.0 Å². The molecule has 9 nitrogen and oxygen atoms in total. The van der Waals surface area contributed by atoms with Crippen LogP contribution in [0.1, 0.15) is 26.3 Å². The number of hydrogen-bond acceptors (Lipinski definition) is 6. The average molecular weight is 464 g/mol. The monoisotopic (exact) mass is 463 g/mol. The molecule has 0 aliphatic carbocycles. The predicted octanol–water partition coefficient (Wildman–Crippen LogP) is 3.57. The van der Waals surface area contributed by atoms with E-state index in [9.17, 15) is 9.59 Å². The Labute approximate surface area is 201 Å². The number of H-pyrrole nitrogens is 1. The molecule has 0 unspecified atom stereocenters. The molecule has 4 rings (SSSR count). The zero-order valence-corrected chi connectivity index (χ0v) is 18.5. The fraction of sp³-hybridized carbons (Fsp3) is 0. The van der Waals surface area contributed by atoms with Gasteiger partial charge in [-0.2, -0.15) is 5.26 Å². The second-order valence-electron chi connectivity index (χ2n) is 7.45. The van der Waals surface area contributed by atoms with Crippen molar-refractivity contribution in [2.45, 2.75) is 0 Å². The second-order valence-corrected chi connectivity index (χ2v) is 7.45. The number of para-hydroxylation sites is 1. The number of imidazole rings is 1. The van der Waals surface area contributed by atoms with Gasteiger partial charge in [-0.05, 0) is 47.5 Å². The number of carbonyl (C=O) groups is 2. The van der Waals surface area contributed by atoms with Crippen LogP contribution in [0.5, 0.6) is 0 Å². The molecule has 4 aromatic rings. The Bertz CT molecular complexity index is 1490. The third-order valence-corrected chi connectivity index (χ3v) is 5.08. The van der Waals surface area contributed by atoms with Crippen LogP contribution in [0.25, 0.3) is 22.2 Å². The summed E-state index contributed by atoms with van der Waals surface area (Å²) in [4.78, 5) is 33.0. The maximum atomic E-state index is 12.9. The van der Waals surface area contributed by atoms with Crippen LogP contribution in [0, 0.1) is 11.3 Å². The van der Waals surface area contributed by atoms with Crippen molar-refractivity contribution in [1.82, 2.24) is 20.6 Å². The highest BCUT2D eigenvalue weighted by Crippen LogP contribution is 2.23. The Balaban J connectivity index is 1.53. The summed E-state index contributed by atoms with van der Waals surface area (Å²) in [5.41, 5.74) is 9.27. The van der Waals surface area contributed by atoms with Gasteiger partial charge in [-0.1, -0.05) is 36.9 Å². The Morgan fingerprint density at radius 2 is 1.80 bits per heavy atom. The van der Waals surface area contributed by atoms with Gasteiger partial charge in [-0.25, -0.2) is 4.98 Å². The van der Waals surface area contributed by atoms with Gasteiger partial charge in [-0.3, -0.25) is 14.9 Å². The molecule has 0 bridgehead atoms. The summed E-state index contributed by atoms with van der Waals surface area (Å²) in [5, 5.41) is 17.1. The number of nitrogens with zero attached hydrogens (tertiary/aromatic N) is 2. The van der Waals surface area contributed by atoms with Crippen molar-refractivity contribution in [2.24, 2.45) is 5.73 Å². The summed E-state index contributed by atoms with van der Waals surface area (Å²) in [6, 6.07) is 21.4. The summed E-state index contributed by atoms with van der Waals surface area (Å²) in [5.74, 6) is -0.327. The minimum Gasteiger partial charge on any atom is -0.403 e. The predicted molar refractivity (Wildman–Crippen MR) is 134 cm³/mol. The topological polar surface area (TPSA) is 149 Å². The van der Waals surface area contributed by atoms with Crippen LogP contribution in [0.2, 0.25) is 0 Å². The minimum atomic E-state index is -0.419. The molecule has 3 aromatic carbocycles. The Morgan fingerprint density at radius 3 is 2.54 bits per heavy atom. The van der Waals surface area contributed by atoms with Gasteiger partial charge in [0.2, 0.25) is 5.95 Å².